The van der Waals surface area contributed by atoms with E-state index >= 15 is 0 Å². The van der Waals surface area contributed by atoms with Crippen LogP contribution in [-0.4, -0.2) is 11.5 Å². The predicted molar refractivity (Wildman–Crippen MR) is 45.8 cm³/mol. The Labute approximate surface area is 75.3 Å². The summed E-state index contributed by atoms with van der Waals surface area (Å²) < 4.78 is 5.07. The van der Waals surface area contributed by atoms with Crippen LogP contribution in [0.2, 0.25) is 0 Å². The average molecular weight is 179 g/mol. The highest BCUT2D eigenvalue weighted by molar-refractivity contribution is 5.29. The van der Waals surface area contributed by atoms with E-state index in [9.17, 15) is 10.1 Å². The van der Waals surface area contributed by atoms with Crippen LogP contribution in [0.25, 0.3) is 0 Å². The van der Waals surface area contributed by atoms with Gasteiger partial charge in [0.1, 0.15) is 0 Å². The van der Waals surface area contributed by atoms with Crippen LogP contribution in [0.3, 0.4) is 0 Å². The number of ether oxygens (including phenoxy) is 1. The fourth-order valence-corrected chi connectivity index (χ4v) is 1.55. The molecule has 0 aliphatic carbocycles. The first-order valence-electron chi connectivity index (χ1n) is 4.12. The topological polar surface area (TPSA) is 52.4 Å². The zero-order chi connectivity index (χ0) is 9.26. The zero-order valence-corrected chi connectivity index (χ0v) is 6.97. The minimum Gasteiger partial charge on any atom is -0.313 e. The average Bonchev–Trinajstić information content (AvgIpc) is 2.17. The van der Waals surface area contributed by atoms with Crippen molar-refractivity contribution < 1.29 is 9.66 Å². The van der Waals surface area contributed by atoms with E-state index in [-0.39, 0.29) is 0 Å². The van der Waals surface area contributed by atoms with Crippen molar-refractivity contribution in [2.24, 2.45) is 0 Å². The molecule has 1 aromatic carbocycles. The standard InChI is InChI=1S/C9H9NO3/c11-10(12)9-8-4-2-1-3-7(8)5-6-13-9/h1-4,9H,5-6H2. The molecule has 0 aromatic heterocycles. The van der Waals surface area contributed by atoms with Gasteiger partial charge in [0.05, 0.1) is 17.1 Å². The molecule has 2 rings (SSSR count). The smallest absolute Gasteiger partial charge is 0.313 e. The summed E-state index contributed by atoms with van der Waals surface area (Å²) >= 11 is 0. The Morgan fingerprint density at radius 1 is 1.46 bits per heavy atom. The molecule has 0 radical (unpaired) electrons. The van der Waals surface area contributed by atoms with Crippen molar-refractivity contribution in [1.82, 2.24) is 0 Å². The van der Waals surface area contributed by atoms with Crippen LogP contribution in [0.4, 0.5) is 0 Å². The maximum absolute atomic E-state index is 10.6. The number of fused-ring (bicyclic) bond motifs is 1. The van der Waals surface area contributed by atoms with Crippen LogP contribution >= 0.6 is 0 Å². The van der Waals surface area contributed by atoms with E-state index in [1.54, 1.807) is 12.1 Å². The van der Waals surface area contributed by atoms with Gasteiger partial charge in [0.15, 0.2) is 0 Å². The predicted octanol–water partition coefficient (Wildman–Crippen LogP) is 1.53. The molecule has 0 saturated heterocycles. The van der Waals surface area contributed by atoms with Crippen molar-refractivity contribution >= 4 is 0 Å². The van der Waals surface area contributed by atoms with Crippen LogP contribution in [0.5, 0.6) is 0 Å². The highest BCUT2D eigenvalue weighted by Gasteiger charge is 2.29. The molecule has 0 fully saturated rings. The molecule has 1 heterocycles. The number of nitrogens with zero attached hydrogens (tertiary/aromatic N) is 1. The third kappa shape index (κ3) is 1.40. The molecule has 1 aliphatic heterocycles. The van der Waals surface area contributed by atoms with Gasteiger partial charge in [-0.1, -0.05) is 18.2 Å². The van der Waals surface area contributed by atoms with Gasteiger partial charge in [-0.15, -0.1) is 0 Å². The molecule has 1 unspecified atom stereocenters. The SMILES string of the molecule is O=[N+]([O-])C1OCCc2ccccc21. The van der Waals surface area contributed by atoms with Crippen molar-refractivity contribution in [3.63, 3.8) is 0 Å². The summed E-state index contributed by atoms with van der Waals surface area (Å²) in [5.41, 5.74) is 1.72. The van der Waals surface area contributed by atoms with Crippen LogP contribution in [0.15, 0.2) is 24.3 Å². The van der Waals surface area contributed by atoms with Gasteiger partial charge in [-0.25, -0.2) is 0 Å². The molecule has 0 amide bonds. The van der Waals surface area contributed by atoms with Gasteiger partial charge in [0, 0.05) is 0 Å². The van der Waals surface area contributed by atoms with Gasteiger partial charge in [0.2, 0.25) is 0 Å². The molecular formula is C9H9NO3. The maximum atomic E-state index is 10.6. The quantitative estimate of drug-likeness (QED) is 0.485. The first-order valence-corrected chi connectivity index (χ1v) is 4.12. The largest absolute Gasteiger partial charge is 0.342 e. The van der Waals surface area contributed by atoms with Crippen molar-refractivity contribution in [2.75, 3.05) is 6.61 Å². The highest BCUT2D eigenvalue weighted by Crippen LogP contribution is 2.26. The Kier molecular flexibility index (Phi) is 1.98. The Balaban J connectivity index is 2.42. The number of hydrogen-bond donors (Lipinski definition) is 0. The van der Waals surface area contributed by atoms with Gasteiger partial charge in [0.25, 0.3) is 0 Å². The second-order valence-electron chi connectivity index (χ2n) is 2.96. The lowest BCUT2D eigenvalue weighted by atomic mass is 10.0. The fraction of sp³-hybridized carbons (Fsp3) is 0.333. The molecule has 0 saturated carbocycles. The normalized spacial score (nSPS) is 20.8. The maximum Gasteiger partial charge on any atom is 0.342 e. The Hall–Kier alpha value is -1.42. The molecule has 0 spiro atoms. The van der Waals surface area contributed by atoms with Crippen molar-refractivity contribution in [2.45, 2.75) is 12.6 Å². The van der Waals surface area contributed by atoms with Gasteiger partial charge < -0.3 is 4.74 Å². The summed E-state index contributed by atoms with van der Waals surface area (Å²) in [4.78, 5) is 10.2. The van der Waals surface area contributed by atoms with Gasteiger partial charge in [-0.2, -0.15) is 0 Å². The van der Waals surface area contributed by atoms with E-state index in [1.807, 2.05) is 12.1 Å². The molecule has 4 heteroatoms. The third-order valence-corrected chi connectivity index (χ3v) is 2.16. The van der Waals surface area contributed by atoms with E-state index in [1.165, 1.54) is 0 Å². The highest BCUT2D eigenvalue weighted by atomic mass is 16.7. The van der Waals surface area contributed by atoms with Crippen molar-refractivity contribution in [1.29, 1.82) is 0 Å². The lowest BCUT2D eigenvalue weighted by Crippen LogP contribution is -2.22. The lowest BCUT2D eigenvalue weighted by molar-refractivity contribution is -0.585. The van der Waals surface area contributed by atoms with Gasteiger partial charge >= 0.3 is 6.23 Å². The van der Waals surface area contributed by atoms with Crippen molar-refractivity contribution in [3.05, 3.63) is 45.5 Å². The van der Waals surface area contributed by atoms with Gasteiger partial charge in [-0.3, -0.25) is 10.1 Å². The minimum absolute atomic E-state index is 0.391. The lowest BCUT2D eigenvalue weighted by Gasteiger charge is -2.19. The first kappa shape index (κ1) is 8.19. The molecule has 0 N–H and O–H groups in total. The Bertz CT molecular complexity index is 337. The number of rotatable bonds is 1. The molecule has 68 valence electrons. The zero-order valence-electron chi connectivity index (χ0n) is 6.97. The molecule has 0 bridgehead atoms. The summed E-state index contributed by atoms with van der Waals surface area (Å²) in [6.07, 6.45) is -0.203. The van der Waals surface area contributed by atoms with E-state index < -0.39 is 11.2 Å². The fourth-order valence-electron chi connectivity index (χ4n) is 1.55. The van der Waals surface area contributed by atoms with Crippen LogP contribution in [0, 0.1) is 10.1 Å². The van der Waals surface area contributed by atoms with E-state index in [4.69, 9.17) is 4.74 Å². The molecule has 1 aromatic rings. The van der Waals surface area contributed by atoms with E-state index in [0.717, 1.165) is 12.0 Å². The Morgan fingerprint density at radius 2 is 2.23 bits per heavy atom. The van der Waals surface area contributed by atoms with Crippen molar-refractivity contribution in [3.8, 4) is 0 Å². The molecular weight excluding hydrogens is 170 g/mol. The van der Waals surface area contributed by atoms with Crippen LogP contribution < -0.4 is 0 Å². The monoisotopic (exact) mass is 179 g/mol. The number of hydrogen-bond acceptors (Lipinski definition) is 3. The second-order valence-corrected chi connectivity index (χ2v) is 2.96. The molecule has 4 nitrogen and oxygen atoms in total. The number of nitro groups is 1. The molecule has 1 aliphatic rings. The van der Waals surface area contributed by atoms with Crippen LogP contribution in [0.1, 0.15) is 17.4 Å². The molecule has 13 heavy (non-hydrogen) atoms. The first-order chi connectivity index (χ1) is 6.29. The minimum atomic E-state index is -0.968. The van der Waals surface area contributed by atoms with Gasteiger partial charge in [-0.05, 0) is 18.1 Å². The van der Waals surface area contributed by atoms with E-state index in [2.05, 4.69) is 0 Å². The third-order valence-electron chi connectivity index (χ3n) is 2.16. The molecule has 1 atom stereocenters. The summed E-state index contributed by atoms with van der Waals surface area (Å²) in [6, 6.07) is 7.35. The van der Waals surface area contributed by atoms with E-state index in [0.29, 0.717) is 12.2 Å². The number of benzene rings is 1. The van der Waals surface area contributed by atoms with Crippen LogP contribution in [-0.2, 0) is 11.2 Å². The Morgan fingerprint density at radius 3 is 3.00 bits per heavy atom. The second kappa shape index (κ2) is 3.14. The summed E-state index contributed by atoms with van der Waals surface area (Å²) in [6.45, 7) is 0.433. The summed E-state index contributed by atoms with van der Waals surface area (Å²) in [5.74, 6) is 0. The summed E-state index contributed by atoms with van der Waals surface area (Å²) in [5, 5.41) is 10.6. The summed E-state index contributed by atoms with van der Waals surface area (Å²) in [7, 11) is 0.